The number of halogens is 2. The predicted molar refractivity (Wildman–Crippen MR) is 101 cm³/mol. The molecule has 10 heteroatoms. The number of H-pyrrole nitrogens is 1. The van der Waals surface area contributed by atoms with Crippen LogP contribution in [0.3, 0.4) is 0 Å². The third kappa shape index (κ3) is 4.06. The van der Waals surface area contributed by atoms with Gasteiger partial charge in [-0.3, -0.25) is 4.98 Å². The molecular weight excluding hydrogens is 392 g/mol. The molecule has 2 heterocycles. The molecule has 2 aromatic heterocycles. The molecular formula is C18H19F2N3O4S. The van der Waals surface area contributed by atoms with Gasteiger partial charge in [-0.1, -0.05) is 11.8 Å². The van der Waals surface area contributed by atoms with Gasteiger partial charge in [0.15, 0.2) is 28.2 Å². The molecule has 0 saturated heterocycles. The van der Waals surface area contributed by atoms with Crippen LogP contribution in [0.5, 0.6) is 23.0 Å². The summed E-state index contributed by atoms with van der Waals surface area (Å²) >= 11 is 1.42. The highest BCUT2D eigenvalue weighted by molar-refractivity contribution is 7.98. The van der Waals surface area contributed by atoms with E-state index in [1.54, 1.807) is 26.5 Å². The van der Waals surface area contributed by atoms with Gasteiger partial charge in [0.05, 0.1) is 44.3 Å². The number of hydrogen-bond acceptors (Lipinski definition) is 7. The van der Waals surface area contributed by atoms with Crippen molar-refractivity contribution < 1.29 is 27.7 Å². The highest BCUT2D eigenvalue weighted by atomic mass is 32.2. The normalized spacial score (nSPS) is 11.1. The molecule has 0 atom stereocenters. The predicted octanol–water partition coefficient (Wildman–Crippen LogP) is 4.19. The highest BCUT2D eigenvalue weighted by Crippen LogP contribution is 2.36. The molecule has 0 bridgehead atoms. The zero-order chi connectivity index (χ0) is 20.3. The lowest BCUT2D eigenvalue weighted by Gasteiger charge is -2.12. The van der Waals surface area contributed by atoms with E-state index < -0.39 is 6.61 Å². The summed E-state index contributed by atoms with van der Waals surface area (Å²) in [5, 5.41) is 0.613. The van der Waals surface area contributed by atoms with Gasteiger partial charge in [-0.05, 0) is 6.92 Å². The fourth-order valence-corrected chi connectivity index (χ4v) is 3.61. The lowest BCUT2D eigenvalue weighted by molar-refractivity contribution is -0.0511. The topological polar surface area (TPSA) is 78.5 Å². The van der Waals surface area contributed by atoms with Crippen LogP contribution in [0.2, 0.25) is 0 Å². The van der Waals surface area contributed by atoms with Crippen LogP contribution in [0.1, 0.15) is 11.3 Å². The monoisotopic (exact) mass is 411 g/mol. The maximum Gasteiger partial charge on any atom is 0.387 e. The third-order valence-corrected chi connectivity index (χ3v) is 4.95. The number of imidazole rings is 1. The van der Waals surface area contributed by atoms with Crippen LogP contribution in [0.15, 0.2) is 23.5 Å². The molecule has 28 heavy (non-hydrogen) atoms. The van der Waals surface area contributed by atoms with E-state index in [4.69, 9.17) is 14.2 Å². The molecule has 150 valence electrons. The van der Waals surface area contributed by atoms with Gasteiger partial charge in [0.25, 0.3) is 0 Å². The molecule has 1 aromatic carbocycles. The Hall–Kier alpha value is -2.75. The third-order valence-electron chi connectivity index (χ3n) is 4.07. The van der Waals surface area contributed by atoms with Crippen LogP contribution in [-0.4, -0.2) is 42.9 Å². The van der Waals surface area contributed by atoms with Gasteiger partial charge < -0.3 is 23.9 Å². The van der Waals surface area contributed by atoms with Crippen molar-refractivity contribution in [2.75, 3.05) is 21.3 Å². The number of aromatic amines is 1. The first kappa shape index (κ1) is 20.0. The van der Waals surface area contributed by atoms with Crippen LogP contribution >= 0.6 is 11.8 Å². The van der Waals surface area contributed by atoms with Crippen LogP contribution in [0.25, 0.3) is 11.0 Å². The number of hydrogen-bond donors (Lipinski definition) is 1. The van der Waals surface area contributed by atoms with Crippen molar-refractivity contribution in [1.29, 1.82) is 0 Å². The van der Waals surface area contributed by atoms with Gasteiger partial charge in [-0.25, -0.2) is 4.98 Å². The summed E-state index contributed by atoms with van der Waals surface area (Å²) in [5.74, 6) is 1.87. The number of benzene rings is 1. The van der Waals surface area contributed by atoms with Crippen molar-refractivity contribution in [3.05, 3.63) is 29.6 Å². The number of nitrogens with zero attached hydrogens (tertiary/aromatic N) is 2. The van der Waals surface area contributed by atoms with E-state index in [2.05, 4.69) is 19.7 Å². The van der Waals surface area contributed by atoms with E-state index in [1.165, 1.54) is 24.9 Å². The molecule has 0 saturated carbocycles. The summed E-state index contributed by atoms with van der Waals surface area (Å²) in [4.78, 5) is 12.0. The molecule has 3 rings (SSSR count). The van der Waals surface area contributed by atoms with Crippen molar-refractivity contribution in [1.82, 2.24) is 15.0 Å². The summed E-state index contributed by atoms with van der Waals surface area (Å²) in [5.41, 5.74) is 2.84. The van der Waals surface area contributed by atoms with Crippen molar-refractivity contribution in [2.24, 2.45) is 0 Å². The van der Waals surface area contributed by atoms with Gasteiger partial charge in [0.2, 0.25) is 0 Å². The first-order valence-corrected chi connectivity index (χ1v) is 9.17. The van der Waals surface area contributed by atoms with E-state index in [0.717, 1.165) is 11.3 Å². The average Bonchev–Trinajstić information content (AvgIpc) is 3.07. The largest absolute Gasteiger partial charge is 0.493 e. The minimum atomic E-state index is -2.94. The standard InChI is InChI=1S/C18H19F2N3O4S/c1-9-12(21-7-15(25-3)16(9)26-4)8-28-18-22-10-5-13(24-2)14(27-17(19)20)6-11(10)23-18/h5-7,17H,8H2,1-4H3,(H,22,23). The second kappa shape index (κ2) is 8.51. The first-order valence-electron chi connectivity index (χ1n) is 8.18. The van der Waals surface area contributed by atoms with E-state index in [1.807, 2.05) is 6.92 Å². The van der Waals surface area contributed by atoms with Crippen molar-refractivity contribution in [3.63, 3.8) is 0 Å². The van der Waals surface area contributed by atoms with Crippen molar-refractivity contribution in [2.45, 2.75) is 24.4 Å². The lowest BCUT2D eigenvalue weighted by Crippen LogP contribution is -2.03. The molecule has 0 unspecified atom stereocenters. The molecule has 7 nitrogen and oxygen atoms in total. The van der Waals surface area contributed by atoms with Crippen LogP contribution in [0, 0.1) is 6.92 Å². The van der Waals surface area contributed by atoms with Gasteiger partial charge in [-0.15, -0.1) is 0 Å². The molecule has 0 aliphatic carbocycles. The Kier molecular flexibility index (Phi) is 6.08. The van der Waals surface area contributed by atoms with E-state index in [0.29, 0.717) is 33.4 Å². The quantitative estimate of drug-likeness (QED) is 0.557. The fraction of sp³-hybridized carbons (Fsp3) is 0.333. The number of ether oxygens (including phenoxy) is 4. The number of rotatable bonds is 8. The Morgan fingerprint density at radius 1 is 1.07 bits per heavy atom. The fourth-order valence-electron chi connectivity index (χ4n) is 2.70. The SMILES string of the molecule is COc1cc2nc(SCc3ncc(OC)c(OC)c3C)[nH]c2cc1OC(F)F. The zero-order valence-electron chi connectivity index (χ0n) is 15.7. The number of aromatic nitrogens is 3. The smallest absolute Gasteiger partial charge is 0.387 e. The second-order valence-corrected chi connectivity index (χ2v) is 6.62. The minimum Gasteiger partial charge on any atom is -0.493 e. The Balaban J connectivity index is 1.83. The molecule has 0 spiro atoms. The Bertz CT molecular complexity index is 981. The summed E-state index contributed by atoms with van der Waals surface area (Å²) in [6.45, 7) is -1.04. The van der Waals surface area contributed by atoms with Gasteiger partial charge in [0, 0.05) is 23.4 Å². The summed E-state index contributed by atoms with van der Waals surface area (Å²) in [6.07, 6.45) is 1.61. The molecule has 0 radical (unpaired) electrons. The first-order chi connectivity index (χ1) is 13.5. The molecule has 3 aromatic rings. The van der Waals surface area contributed by atoms with Crippen LogP contribution in [0.4, 0.5) is 8.78 Å². The number of fused-ring (bicyclic) bond motifs is 1. The maximum atomic E-state index is 12.6. The molecule has 0 amide bonds. The summed E-state index contributed by atoms with van der Waals surface area (Å²) < 4.78 is 45.4. The number of thioether (sulfide) groups is 1. The van der Waals surface area contributed by atoms with E-state index in [9.17, 15) is 8.78 Å². The number of methoxy groups -OCH3 is 3. The second-order valence-electron chi connectivity index (χ2n) is 5.66. The number of alkyl halides is 2. The molecule has 0 aliphatic heterocycles. The number of pyridine rings is 1. The van der Waals surface area contributed by atoms with E-state index >= 15 is 0 Å². The summed E-state index contributed by atoms with van der Waals surface area (Å²) in [7, 11) is 4.52. The average molecular weight is 411 g/mol. The molecule has 0 aliphatic rings. The van der Waals surface area contributed by atoms with Crippen LogP contribution < -0.4 is 18.9 Å². The molecule has 1 N–H and O–H groups in total. The van der Waals surface area contributed by atoms with E-state index in [-0.39, 0.29) is 11.5 Å². The van der Waals surface area contributed by atoms with Gasteiger partial charge in [-0.2, -0.15) is 8.78 Å². The Morgan fingerprint density at radius 2 is 1.82 bits per heavy atom. The highest BCUT2D eigenvalue weighted by Gasteiger charge is 2.16. The Labute approximate surface area is 164 Å². The maximum absolute atomic E-state index is 12.6. The van der Waals surface area contributed by atoms with Crippen molar-refractivity contribution >= 4 is 22.8 Å². The molecule has 0 fully saturated rings. The zero-order valence-corrected chi connectivity index (χ0v) is 16.5. The van der Waals surface area contributed by atoms with Crippen molar-refractivity contribution in [3.8, 4) is 23.0 Å². The lowest BCUT2D eigenvalue weighted by atomic mass is 10.2. The minimum absolute atomic E-state index is 0.0531. The Morgan fingerprint density at radius 3 is 2.46 bits per heavy atom. The number of nitrogens with one attached hydrogen (secondary N) is 1. The van der Waals surface area contributed by atoms with Gasteiger partial charge in [0.1, 0.15) is 0 Å². The van der Waals surface area contributed by atoms with Gasteiger partial charge >= 0.3 is 6.61 Å². The van der Waals surface area contributed by atoms with Crippen LogP contribution in [-0.2, 0) is 5.75 Å². The summed E-state index contributed by atoms with van der Waals surface area (Å²) in [6, 6.07) is 2.99.